The molecule has 0 radical (unpaired) electrons. The number of nitrogens with zero attached hydrogens (tertiary/aromatic N) is 6. The smallest absolute Gasteiger partial charge is 0.141 e. The molecule has 0 aliphatic heterocycles. The van der Waals surface area contributed by atoms with Gasteiger partial charge in [-0.15, -0.1) is 0 Å². The molecule has 0 atom stereocenters. The molecular formula is C40H22N6. The summed E-state index contributed by atoms with van der Waals surface area (Å²) < 4.78 is 0. The van der Waals surface area contributed by atoms with E-state index in [-0.39, 0.29) is 0 Å². The van der Waals surface area contributed by atoms with Gasteiger partial charge >= 0.3 is 0 Å². The van der Waals surface area contributed by atoms with Crippen molar-refractivity contribution in [3.8, 4) is 57.2 Å². The zero-order valence-corrected chi connectivity index (χ0v) is 24.4. The van der Waals surface area contributed by atoms with Crippen LogP contribution in [-0.4, -0.2) is 19.9 Å². The maximum absolute atomic E-state index is 9.30. The summed E-state index contributed by atoms with van der Waals surface area (Å²) >= 11 is 0. The Morgan fingerprint density at radius 2 is 0.761 bits per heavy atom. The summed E-state index contributed by atoms with van der Waals surface area (Å²) in [6.07, 6.45) is 3.28. The molecule has 212 valence electrons. The first-order valence-electron chi connectivity index (χ1n) is 14.7. The molecule has 4 aromatic carbocycles. The van der Waals surface area contributed by atoms with E-state index in [1.54, 1.807) is 24.5 Å². The minimum Gasteiger partial charge on any atom is -0.248 e. The molecule has 0 unspecified atom stereocenters. The average molecular weight is 587 g/mol. The van der Waals surface area contributed by atoms with E-state index in [0.717, 1.165) is 77.3 Å². The molecule has 0 saturated carbocycles. The van der Waals surface area contributed by atoms with Crippen LogP contribution in [0.2, 0.25) is 0 Å². The maximum Gasteiger partial charge on any atom is 0.141 e. The molecule has 0 N–H and O–H groups in total. The van der Waals surface area contributed by atoms with Gasteiger partial charge in [-0.2, -0.15) is 10.5 Å². The lowest BCUT2D eigenvalue weighted by atomic mass is 9.91. The van der Waals surface area contributed by atoms with Crippen molar-refractivity contribution in [3.63, 3.8) is 0 Å². The van der Waals surface area contributed by atoms with Crippen molar-refractivity contribution in [2.75, 3.05) is 0 Å². The summed E-state index contributed by atoms with van der Waals surface area (Å²) in [6.45, 7) is 0. The molecule has 0 spiro atoms. The average Bonchev–Trinajstić information content (AvgIpc) is 3.14. The van der Waals surface area contributed by atoms with Crippen molar-refractivity contribution < 1.29 is 0 Å². The summed E-state index contributed by atoms with van der Waals surface area (Å²) in [5.41, 5.74) is 7.77. The second-order valence-corrected chi connectivity index (χ2v) is 11.0. The highest BCUT2D eigenvalue weighted by atomic mass is 14.7. The Morgan fingerprint density at radius 3 is 1.17 bits per heavy atom. The molecule has 46 heavy (non-hydrogen) atoms. The topological polar surface area (TPSA) is 99.1 Å². The predicted octanol–water partition coefficient (Wildman–Crippen LogP) is 9.14. The Hall–Kier alpha value is -6.76. The zero-order chi connectivity index (χ0) is 31.0. The van der Waals surface area contributed by atoms with Crippen molar-refractivity contribution in [1.29, 1.82) is 10.5 Å². The van der Waals surface area contributed by atoms with Gasteiger partial charge in [-0.25, -0.2) is 19.9 Å². The van der Waals surface area contributed by atoms with E-state index in [2.05, 4.69) is 82.8 Å². The van der Waals surface area contributed by atoms with Crippen LogP contribution < -0.4 is 0 Å². The Labute approximate surface area is 264 Å². The third-order valence-electron chi connectivity index (χ3n) is 8.27. The fourth-order valence-corrected chi connectivity index (χ4v) is 6.09. The molecular weight excluding hydrogens is 564 g/mol. The lowest BCUT2D eigenvalue weighted by Gasteiger charge is -2.14. The lowest BCUT2D eigenvalue weighted by Crippen LogP contribution is -1.91. The van der Waals surface area contributed by atoms with Gasteiger partial charge in [0.25, 0.3) is 0 Å². The Kier molecular flexibility index (Phi) is 6.45. The van der Waals surface area contributed by atoms with Gasteiger partial charge in [-0.3, -0.25) is 0 Å². The molecule has 0 saturated heterocycles. The number of aromatic nitrogens is 4. The van der Waals surface area contributed by atoms with E-state index in [0.29, 0.717) is 11.4 Å². The van der Waals surface area contributed by atoms with Gasteiger partial charge < -0.3 is 0 Å². The van der Waals surface area contributed by atoms with Gasteiger partial charge in [-0.1, -0.05) is 60.7 Å². The van der Waals surface area contributed by atoms with Gasteiger partial charge in [-0.05, 0) is 93.0 Å². The second kappa shape index (κ2) is 11.1. The number of pyridine rings is 4. The molecule has 0 aliphatic carbocycles. The van der Waals surface area contributed by atoms with Gasteiger partial charge in [0.15, 0.2) is 0 Å². The van der Waals surface area contributed by atoms with E-state index in [4.69, 9.17) is 9.97 Å². The van der Waals surface area contributed by atoms with Crippen LogP contribution in [0.25, 0.3) is 77.3 Å². The quantitative estimate of drug-likeness (QED) is 0.191. The number of fused-ring (bicyclic) bond motifs is 6. The van der Waals surface area contributed by atoms with E-state index in [1.807, 2.05) is 48.5 Å². The standard InChI is InChI=1S/C40H22N6/c41-23-29-19-27(15-17-43-29)39-9-3-7-37(45-39)25-11-13-33-34-14-12-26(22-36(34)32-6-2-1-5-31(32)35(33)21-25)38-8-4-10-40(46-38)28-16-18-44-30(20-28)24-42/h1-22H. The van der Waals surface area contributed by atoms with Crippen LogP contribution in [0.5, 0.6) is 0 Å². The highest BCUT2D eigenvalue weighted by Gasteiger charge is 2.13. The third kappa shape index (κ3) is 4.68. The predicted molar refractivity (Wildman–Crippen MR) is 181 cm³/mol. The van der Waals surface area contributed by atoms with E-state index in [9.17, 15) is 10.5 Å². The second-order valence-electron chi connectivity index (χ2n) is 11.0. The van der Waals surface area contributed by atoms with Crippen LogP contribution in [0.1, 0.15) is 11.4 Å². The summed E-state index contributed by atoms with van der Waals surface area (Å²) in [5, 5.41) is 25.6. The molecule has 0 bridgehead atoms. The fraction of sp³-hybridized carbons (Fsp3) is 0. The van der Waals surface area contributed by atoms with Crippen LogP contribution in [-0.2, 0) is 0 Å². The number of hydrogen-bond donors (Lipinski definition) is 0. The number of benzene rings is 4. The number of rotatable bonds is 4. The van der Waals surface area contributed by atoms with Crippen LogP contribution in [0.3, 0.4) is 0 Å². The first-order chi connectivity index (χ1) is 22.7. The minimum absolute atomic E-state index is 0.364. The van der Waals surface area contributed by atoms with Crippen molar-refractivity contribution in [2.45, 2.75) is 0 Å². The van der Waals surface area contributed by atoms with Crippen LogP contribution in [0.15, 0.2) is 134 Å². The highest BCUT2D eigenvalue weighted by Crippen LogP contribution is 2.39. The highest BCUT2D eigenvalue weighted by molar-refractivity contribution is 6.26. The Morgan fingerprint density at radius 1 is 0.370 bits per heavy atom. The van der Waals surface area contributed by atoms with Crippen LogP contribution >= 0.6 is 0 Å². The SMILES string of the molecule is N#Cc1cc(-c2cccc(-c3ccc4c5ccc(-c6cccc(-c7ccnc(C#N)c7)n6)cc5c5ccccc5c4c3)n2)ccn1. The van der Waals surface area contributed by atoms with E-state index < -0.39 is 0 Å². The minimum atomic E-state index is 0.364. The summed E-state index contributed by atoms with van der Waals surface area (Å²) in [6, 6.07) is 45.0. The first kappa shape index (κ1) is 26.8. The van der Waals surface area contributed by atoms with Gasteiger partial charge in [0.05, 0.1) is 22.8 Å². The van der Waals surface area contributed by atoms with Crippen molar-refractivity contribution in [2.24, 2.45) is 0 Å². The zero-order valence-electron chi connectivity index (χ0n) is 24.4. The monoisotopic (exact) mass is 586 g/mol. The fourth-order valence-electron chi connectivity index (χ4n) is 6.09. The number of nitriles is 2. The maximum atomic E-state index is 9.30. The third-order valence-corrected chi connectivity index (χ3v) is 8.27. The molecule has 0 fully saturated rings. The van der Waals surface area contributed by atoms with Crippen molar-refractivity contribution in [1.82, 2.24) is 19.9 Å². The van der Waals surface area contributed by atoms with Gasteiger partial charge in [0.2, 0.25) is 0 Å². The largest absolute Gasteiger partial charge is 0.248 e. The summed E-state index contributed by atoms with van der Waals surface area (Å²) in [4.78, 5) is 18.1. The molecule has 4 heterocycles. The Bertz CT molecular complexity index is 2380. The molecule has 6 nitrogen and oxygen atoms in total. The Balaban J connectivity index is 1.25. The molecule has 8 aromatic rings. The molecule has 0 aliphatic rings. The molecule has 8 rings (SSSR count). The van der Waals surface area contributed by atoms with E-state index >= 15 is 0 Å². The normalized spacial score (nSPS) is 11.0. The lowest BCUT2D eigenvalue weighted by molar-refractivity contribution is 1.25. The van der Waals surface area contributed by atoms with Gasteiger partial charge in [0.1, 0.15) is 23.5 Å². The van der Waals surface area contributed by atoms with Crippen molar-refractivity contribution >= 4 is 32.3 Å². The van der Waals surface area contributed by atoms with Gasteiger partial charge in [0, 0.05) is 34.6 Å². The number of hydrogen-bond acceptors (Lipinski definition) is 6. The molecule has 0 amide bonds. The van der Waals surface area contributed by atoms with Crippen LogP contribution in [0, 0.1) is 22.7 Å². The summed E-state index contributed by atoms with van der Waals surface area (Å²) in [7, 11) is 0. The first-order valence-corrected chi connectivity index (χ1v) is 14.7. The van der Waals surface area contributed by atoms with Crippen molar-refractivity contribution in [3.05, 3.63) is 145 Å². The van der Waals surface area contributed by atoms with Crippen LogP contribution in [0.4, 0.5) is 0 Å². The summed E-state index contributed by atoms with van der Waals surface area (Å²) in [5.74, 6) is 0. The molecule has 4 aromatic heterocycles. The van der Waals surface area contributed by atoms with E-state index in [1.165, 1.54) is 0 Å². The molecule has 6 heteroatoms.